The second kappa shape index (κ2) is 7.32. The molecule has 7 heteroatoms. The third-order valence-electron chi connectivity index (χ3n) is 4.66. The van der Waals surface area contributed by atoms with Gasteiger partial charge in [0.25, 0.3) is 5.91 Å². The fourth-order valence-electron chi connectivity index (χ4n) is 3.15. The molecule has 5 nitrogen and oxygen atoms in total. The van der Waals surface area contributed by atoms with Gasteiger partial charge >= 0.3 is 0 Å². The Hall–Kier alpha value is -1.99. The standard InChI is InChI=1S/C19H19ClN4OS/c1-23-8-10-24(11-9-23)22-19(25)14-12-16(17-6-7-18(20)26-17)21-15-5-3-2-4-13(14)15/h2-7,12H,8-11H2,1H3,(H,22,25)/p+1. The fourth-order valence-corrected chi connectivity index (χ4v) is 4.15. The molecule has 26 heavy (non-hydrogen) atoms. The summed E-state index contributed by atoms with van der Waals surface area (Å²) in [7, 11) is 2.17. The van der Waals surface area contributed by atoms with E-state index in [1.54, 1.807) is 0 Å². The molecule has 1 saturated heterocycles. The van der Waals surface area contributed by atoms with Crippen molar-refractivity contribution in [3.05, 3.63) is 52.4 Å². The highest BCUT2D eigenvalue weighted by Gasteiger charge is 2.21. The number of halogens is 1. The van der Waals surface area contributed by atoms with Crippen molar-refractivity contribution in [1.29, 1.82) is 0 Å². The number of amides is 1. The topological polar surface area (TPSA) is 49.7 Å². The van der Waals surface area contributed by atoms with Gasteiger partial charge < -0.3 is 4.90 Å². The molecule has 0 spiro atoms. The van der Waals surface area contributed by atoms with Crippen LogP contribution in [0.5, 0.6) is 0 Å². The Balaban J connectivity index is 1.69. The maximum absolute atomic E-state index is 13.0. The number of hydrogen-bond donors (Lipinski definition) is 2. The van der Waals surface area contributed by atoms with Crippen LogP contribution in [0.2, 0.25) is 4.34 Å². The lowest BCUT2D eigenvalue weighted by Gasteiger charge is -2.30. The van der Waals surface area contributed by atoms with Crippen LogP contribution < -0.4 is 10.3 Å². The summed E-state index contributed by atoms with van der Waals surface area (Å²) in [4.78, 5) is 20.1. The van der Waals surface area contributed by atoms with Crippen molar-refractivity contribution in [1.82, 2.24) is 15.4 Å². The van der Waals surface area contributed by atoms with Crippen molar-refractivity contribution in [3.8, 4) is 10.6 Å². The van der Waals surface area contributed by atoms with E-state index < -0.39 is 0 Å². The Bertz CT molecular complexity index is 950. The minimum atomic E-state index is -0.0907. The highest BCUT2D eigenvalue weighted by Crippen LogP contribution is 2.32. The van der Waals surface area contributed by atoms with E-state index in [0.717, 1.165) is 47.7 Å². The molecule has 1 fully saturated rings. The second-order valence-corrected chi connectivity index (χ2v) is 8.28. The minimum absolute atomic E-state index is 0.0907. The molecule has 3 heterocycles. The number of para-hydroxylation sites is 1. The molecular weight excluding hydrogens is 368 g/mol. The number of likely N-dealkylation sites (N-methyl/N-ethyl adjacent to an activating group) is 1. The van der Waals surface area contributed by atoms with Crippen LogP contribution >= 0.6 is 22.9 Å². The van der Waals surface area contributed by atoms with Gasteiger partial charge in [0.15, 0.2) is 0 Å². The summed E-state index contributed by atoms with van der Waals surface area (Å²) in [5, 5.41) is 2.86. The molecule has 3 aromatic rings. The van der Waals surface area contributed by atoms with Crippen molar-refractivity contribution < 1.29 is 9.69 Å². The summed E-state index contributed by atoms with van der Waals surface area (Å²) in [6.45, 7) is 3.76. The zero-order valence-electron chi connectivity index (χ0n) is 14.5. The normalized spacial score (nSPS) is 16.1. The molecule has 1 aliphatic rings. The van der Waals surface area contributed by atoms with Gasteiger partial charge in [-0.05, 0) is 24.3 Å². The molecule has 0 aliphatic carbocycles. The van der Waals surface area contributed by atoms with Crippen molar-refractivity contribution in [2.24, 2.45) is 0 Å². The van der Waals surface area contributed by atoms with Crippen LogP contribution in [0.3, 0.4) is 0 Å². The van der Waals surface area contributed by atoms with Crippen LogP contribution in [0.4, 0.5) is 0 Å². The zero-order chi connectivity index (χ0) is 18.1. The van der Waals surface area contributed by atoms with Crippen molar-refractivity contribution in [3.63, 3.8) is 0 Å². The molecule has 1 aromatic carbocycles. The number of hydrogen-bond acceptors (Lipinski definition) is 4. The predicted molar refractivity (Wildman–Crippen MR) is 106 cm³/mol. The number of fused-ring (bicyclic) bond motifs is 1. The number of thiophene rings is 1. The van der Waals surface area contributed by atoms with Gasteiger partial charge in [-0.3, -0.25) is 10.2 Å². The predicted octanol–water partition coefficient (Wildman–Crippen LogP) is 2.09. The number of nitrogens with one attached hydrogen (secondary N) is 2. The summed E-state index contributed by atoms with van der Waals surface area (Å²) in [6.07, 6.45) is 0. The van der Waals surface area contributed by atoms with Crippen LogP contribution in [-0.2, 0) is 0 Å². The van der Waals surface area contributed by atoms with Crippen molar-refractivity contribution >= 4 is 39.7 Å². The van der Waals surface area contributed by atoms with Gasteiger partial charge in [-0.25, -0.2) is 9.99 Å². The van der Waals surface area contributed by atoms with E-state index in [-0.39, 0.29) is 5.91 Å². The third-order valence-corrected chi connectivity index (χ3v) is 5.92. The molecule has 4 rings (SSSR count). The number of piperazine rings is 1. The molecule has 1 amide bonds. The van der Waals surface area contributed by atoms with E-state index in [0.29, 0.717) is 9.90 Å². The SMILES string of the molecule is C[NH+]1CCN(NC(=O)c2cc(-c3ccc(Cl)s3)nc3ccccc23)CC1. The molecule has 0 bridgehead atoms. The lowest BCUT2D eigenvalue weighted by molar-refractivity contribution is -0.884. The molecule has 0 radical (unpaired) electrons. The molecule has 1 aliphatic heterocycles. The second-order valence-electron chi connectivity index (χ2n) is 6.56. The van der Waals surface area contributed by atoms with Gasteiger partial charge in [0, 0.05) is 5.39 Å². The Morgan fingerprint density at radius 1 is 1.23 bits per heavy atom. The Morgan fingerprint density at radius 2 is 2.00 bits per heavy atom. The molecule has 0 atom stereocenters. The molecule has 134 valence electrons. The zero-order valence-corrected chi connectivity index (χ0v) is 16.0. The van der Waals surface area contributed by atoms with E-state index in [2.05, 4.69) is 12.5 Å². The Kier molecular flexibility index (Phi) is 4.91. The number of quaternary nitrogens is 1. The Morgan fingerprint density at radius 3 is 2.73 bits per heavy atom. The first-order chi connectivity index (χ1) is 12.6. The summed E-state index contributed by atoms with van der Waals surface area (Å²) in [5.74, 6) is -0.0907. The van der Waals surface area contributed by atoms with E-state index in [4.69, 9.17) is 16.6 Å². The van der Waals surface area contributed by atoms with Gasteiger partial charge in [0.05, 0.1) is 59.2 Å². The molecule has 0 saturated carbocycles. The van der Waals surface area contributed by atoms with E-state index in [1.165, 1.54) is 16.2 Å². The molecular formula is C19H20ClN4OS+. The van der Waals surface area contributed by atoms with Crippen LogP contribution in [-0.4, -0.2) is 49.1 Å². The first-order valence-electron chi connectivity index (χ1n) is 8.63. The first-order valence-corrected chi connectivity index (χ1v) is 9.82. The van der Waals surface area contributed by atoms with Gasteiger partial charge in [0.1, 0.15) is 0 Å². The van der Waals surface area contributed by atoms with Crippen LogP contribution in [0, 0.1) is 0 Å². The average Bonchev–Trinajstić information content (AvgIpc) is 3.09. The minimum Gasteiger partial charge on any atom is -0.335 e. The number of carbonyl (C=O) groups excluding carboxylic acids is 1. The fraction of sp³-hybridized carbons (Fsp3) is 0.263. The van der Waals surface area contributed by atoms with Gasteiger partial charge in [-0.1, -0.05) is 29.8 Å². The maximum Gasteiger partial charge on any atom is 0.266 e. The average molecular weight is 388 g/mol. The number of rotatable bonds is 3. The van der Waals surface area contributed by atoms with Gasteiger partial charge in [0.2, 0.25) is 0 Å². The number of pyridine rings is 1. The highest BCUT2D eigenvalue weighted by molar-refractivity contribution is 7.19. The number of nitrogens with zero attached hydrogens (tertiary/aromatic N) is 2. The quantitative estimate of drug-likeness (QED) is 0.723. The summed E-state index contributed by atoms with van der Waals surface area (Å²) in [6, 6.07) is 13.4. The number of hydrazine groups is 1. The lowest BCUT2D eigenvalue weighted by Crippen LogP contribution is -3.12. The maximum atomic E-state index is 13.0. The number of aromatic nitrogens is 1. The van der Waals surface area contributed by atoms with Gasteiger partial charge in [-0.2, -0.15) is 0 Å². The van der Waals surface area contributed by atoms with Crippen LogP contribution in [0.1, 0.15) is 10.4 Å². The van der Waals surface area contributed by atoms with Crippen LogP contribution in [0.25, 0.3) is 21.5 Å². The third kappa shape index (κ3) is 3.59. The van der Waals surface area contributed by atoms with E-state index in [9.17, 15) is 4.79 Å². The smallest absolute Gasteiger partial charge is 0.266 e. The first kappa shape index (κ1) is 17.4. The summed E-state index contributed by atoms with van der Waals surface area (Å²) >= 11 is 7.54. The van der Waals surface area contributed by atoms with E-state index in [1.807, 2.05) is 47.5 Å². The van der Waals surface area contributed by atoms with Crippen molar-refractivity contribution in [2.45, 2.75) is 0 Å². The molecule has 2 N–H and O–H groups in total. The van der Waals surface area contributed by atoms with E-state index >= 15 is 0 Å². The monoisotopic (exact) mass is 387 g/mol. The summed E-state index contributed by atoms with van der Waals surface area (Å²) < 4.78 is 0.709. The van der Waals surface area contributed by atoms with Crippen LogP contribution in [0.15, 0.2) is 42.5 Å². The van der Waals surface area contributed by atoms with Gasteiger partial charge in [-0.15, -0.1) is 11.3 Å². The number of carbonyl (C=O) groups is 1. The highest BCUT2D eigenvalue weighted by atomic mass is 35.5. The number of benzene rings is 1. The molecule has 0 unspecified atom stereocenters. The lowest BCUT2D eigenvalue weighted by atomic mass is 10.1. The van der Waals surface area contributed by atoms with Crippen molar-refractivity contribution in [2.75, 3.05) is 33.2 Å². The molecule has 2 aromatic heterocycles. The summed E-state index contributed by atoms with van der Waals surface area (Å²) in [5.41, 5.74) is 5.28. The Labute approximate surface area is 161 Å². The largest absolute Gasteiger partial charge is 0.335 e.